The lowest BCUT2D eigenvalue weighted by molar-refractivity contribution is 0.0690. The van der Waals surface area contributed by atoms with Crippen LogP contribution in [-0.2, 0) is 6.42 Å². The number of hydrogen-bond acceptors (Lipinski definition) is 4. The smallest absolute Gasteiger partial charge is 0.340 e. The van der Waals surface area contributed by atoms with E-state index in [1.165, 1.54) is 11.8 Å². The Morgan fingerprint density at radius 1 is 1.53 bits per heavy atom. The van der Waals surface area contributed by atoms with Crippen molar-refractivity contribution in [3.63, 3.8) is 0 Å². The molecule has 92 valence electrons. The predicted octanol–water partition coefficient (Wildman–Crippen LogP) is 2.71. The van der Waals surface area contributed by atoms with Crippen LogP contribution in [0.3, 0.4) is 0 Å². The molecule has 0 aliphatic carbocycles. The molecule has 0 atom stereocenters. The molecule has 1 aromatic heterocycles. The van der Waals surface area contributed by atoms with Crippen LogP contribution in [0.2, 0.25) is 0 Å². The zero-order valence-electron chi connectivity index (χ0n) is 10.1. The van der Waals surface area contributed by atoms with Crippen molar-refractivity contribution in [3.8, 4) is 0 Å². The third-order valence-electron chi connectivity index (χ3n) is 2.19. The van der Waals surface area contributed by atoms with Crippen LogP contribution in [0.1, 0.15) is 35.2 Å². The molecule has 0 spiro atoms. The Morgan fingerprint density at radius 2 is 2.24 bits per heavy atom. The number of hydrogen-bond donors (Lipinski definition) is 1. The monoisotopic (exact) mass is 252 g/mol. The summed E-state index contributed by atoms with van der Waals surface area (Å²) >= 11 is 1.44. The van der Waals surface area contributed by atoms with Crippen LogP contribution in [0.4, 0.5) is 0 Å². The van der Waals surface area contributed by atoms with Gasteiger partial charge in [0.05, 0.1) is 5.69 Å². The molecule has 17 heavy (non-hydrogen) atoms. The van der Waals surface area contributed by atoms with E-state index < -0.39 is 5.97 Å². The van der Waals surface area contributed by atoms with Crippen molar-refractivity contribution in [1.82, 2.24) is 9.97 Å². The lowest BCUT2D eigenvalue weighted by Crippen LogP contribution is -2.09. The number of nitrogens with zero attached hydrogens (tertiary/aromatic N) is 2. The molecular formula is C12H16N2O2S. The van der Waals surface area contributed by atoms with Crippen molar-refractivity contribution in [3.05, 3.63) is 29.7 Å². The third-order valence-corrected chi connectivity index (χ3v) is 3.20. The maximum atomic E-state index is 11.2. The van der Waals surface area contributed by atoms with Crippen LogP contribution in [0, 0.1) is 6.92 Å². The molecule has 0 saturated heterocycles. The van der Waals surface area contributed by atoms with Gasteiger partial charge in [-0.15, -0.1) is 18.3 Å². The lowest BCUT2D eigenvalue weighted by atomic mass is 10.2. The van der Waals surface area contributed by atoms with Crippen LogP contribution < -0.4 is 0 Å². The summed E-state index contributed by atoms with van der Waals surface area (Å²) in [6.07, 6.45) is 3.34. The minimum Gasteiger partial charge on any atom is -0.478 e. The minimum atomic E-state index is -0.966. The number of aromatic carboxylic acids is 1. The van der Waals surface area contributed by atoms with Crippen molar-refractivity contribution in [2.24, 2.45) is 0 Å². The van der Waals surface area contributed by atoms with Crippen molar-refractivity contribution < 1.29 is 9.90 Å². The number of aromatic nitrogens is 2. The zero-order chi connectivity index (χ0) is 12.8. The molecule has 0 fully saturated rings. The molecule has 0 aliphatic rings. The summed E-state index contributed by atoms with van der Waals surface area (Å²) in [5, 5.41) is 9.71. The number of aryl methyl sites for hydroxylation is 2. The number of thioether (sulfide) groups is 1. The first-order chi connectivity index (χ1) is 8.10. The molecule has 1 aromatic rings. The SMILES string of the molecule is C=CCCSc1nc(CC)nc(C)c1C(=O)O. The van der Waals surface area contributed by atoms with Gasteiger partial charge in [-0.2, -0.15) is 0 Å². The topological polar surface area (TPSA) is 63.1 Å². The lowest BCUT2D eigenvalue weighted by Gasteiger charge is -2.08. The molecule has 4 nitrogen and oxygen atoms in total. The fourth-order valence-electron chi connectivity index (χ4n) is 1.35. The van der Waals surface area contributed by atoms with Crippen LogP contribution in [0.15, 0.2) is 17.7 Å². The van der Waals surface area contributed by atoms with Gasteiger partial charge in [-0.3, -0.25) is 0 Å². The van der Waals surface area contributed by atoms with Gasteiger partial charge >= 0.3 is 5.97 Å². The molecular weight excluding hydrogens is 236 g/mol. The third kappa shape index (κ3) is 3.56. The predicted molar refractivity (Wildman–Crippen MR) is 68.6 cm³/mol. The normalized spacial score (nSPS) is 10.2. The van der Waals surface area contributed by atoms with Gasteiger partial charge in [0.15, 0.2) is 0 Å². The van der Waals surface area contributed by atoms with E-state index in [4.69, 9.17) is 5.11 Å². The first-order valence-electron chi connectivity index (χ1n) is 5.44. The Labute approximate surface area is 105 Å². The highest BCUT2D eigenvalue weighted by Crippen LogP contribution is 2.23. The molecule has 5 heteroatoms. The zero-order valence-corrected chi connectivity index (χ0v) is 10.9. The molecule has 1 N–H and O–H groups in total. The van der Waals surface area contributed by atoms with E-state index in [0.717, 1.165) is 12.2 Å². The second-order valence-corrected chi connectivity index (χ2v) is 4.57. The van der Waals surface area contributed by atoms with Crippen molar-refractivity contribution >= 4 is 17.7 Å². The Bertz CT molecular complexity index is 433. The van der Waals surface area contributed by atoms with E-state index in [0.29, 0.717) is 23.0 Å². The van der Waals surface area contributed by atoms with E-state index in [1.54, 1.807) is 6.92 Å². The summed E-state index contributed by atoms with van der Waals surface area (Å²) in [5.74, 6) is 0.503. The minimum absolute atomic E-state index is 0.219. The molecule has 0 aliphatic heterocycles. The van der Waals surface area contributed by atoms with Crippen molar-refractivity contribution in [1.29, 1.82) is 0 Å². The highest BCUT2D eigenvalue weighted by molar-refractivity contribution is 7.99. The van der Waals surface area contributed by atoms with Gasteiger partial charge in [0.25, 0.3) is 0 Å². The molecule has 0 radical (unpaired) electrons. The maximum absolute atomic E-state index is 11.2. The van der Waals surface area contributed by atoms with E-state index in [9.17, 15) is 4.79 Å². The standard InChI is InChI=1S/C12H16N2O2S/c1-4-6-7-17-11-10(12(15)16)8(3)13-9(5-2)14-11/h4H,1,5-7H2,2-3H3,(H,15,16). The second-order valence-electron chi connectivity index (χ2n) is 3.49. The summed E-state index contributed by atoms with van der Waals surface area (Å²) < 4.78 is 0. The summed E-state index contributed by atoms with van der Waals surface area (Å²) in [6, 6.07) is 0. The molecule has 0 saturated carbocycles. The Hall–Kier alpha value is -1.36. The fraction of sp³-hybridized carbons (Fsp3) is 0.417. The Kier molecular flexibility index (Phi) is 5.15. The van der Waals surface area contributed by atoms with Gasteiger partial charge < -0.3 is 5.11 Å². The molecule has 1 rings (SSSR count). The highest BCUT2D eigenvalue weighted by Gasteiger charge is 2.17. The van der Waals surface area contributed by atoms with E-state index in [1.807, 2.05) is 13.0 Å². The van der Waals surface area contributed by atoms with Crippen molar-refractivity contribution in [2.75, 3.05) is 5.75 Å². The van der Waals surface area contributed by atoms with Gasteiger partial charge in [0, 0.05) is 12.2 Å². The molecule has 0 aromatic carbocycles. The second kappa shape index (κ2) is 6.39. The van der Waals surface area contributed by atoms with Gasteiger partial charge in [-0.1, -0.05) is 13.0 Å². The largest absolute Gasteiger partial charge is 0.478 e. The van der Waals surface area contributed by atoms with Crippen LogP contribution >= 0.6 is 11.8 Å². The van der Waals surface area contributed by atoms with Crippen LogP contribution in [-0.4, -0.2) is 26.8 Å². The molecule has 0 amide bonds. The number of allylic oxidation sites excluding steroid dienone is 1. The van der Waals surface area contributed by atoms with Gasteiger partial charge in [-0.25, -0.2) is 14.8 Å². The summed E-state index contributed by atoms with van der Waals surface area (Å²) in [7, 11) is 0. The van der Waals surface area contributed by atoms with E-state index >= 15 is 0 Å². The number of carboxylic acid groups (broad SMARTS) is 1. The van der Waals surface area contributed by atoms with E-state index in [-0.39, 0.29) is 5.56 Å². The Morgan fingerprint density at radius 3 is 2.76 bits per heavy atom. The van der Waals surface area contributed by atoms with Gasteiger partial charge in [0.1, 0.15) is 16.4 Å². The molecule has 0 bridgehead atoms. The Balaban J connectivity index is 3.08. The molecule has 1 heterocycles. The summed E-state index contributed by atoms with van der Waals surface area (Å²) in [4.78, 5) is 19.6. The fourth-order valence-corrected chi connectivity index (χ4v) is 2.38. The van der Waals surface area contributed by atoms with Crippen LogP contribution in [0.25, 0.3) is 0 Å². The van der Waals surface area contributed by atoms with E-state index in [2.05, 4.69) is 16.5 Å². The first kappa shape index (κ1) is 13.7. The average molecular weight is 252 g/mol. The number of carboxylic acids is 1. The highest BCUT2D eigenvalue weighted by atomic mass is 32.2. The average Bonchev–Trinajstić information content (AvgIpc) is 2.28. The van der Waals surface area contributed by atoms with Gasteiger partial charge in [-0.05, 0) is 13.3 Å². The maximum Gasteiger partial charge on any atom is 0.340 e. The van der Waals surface area contributed by atoms with Gasteiger partial charge in [0.2, 0.25) is 0 Å². The molecule has 0 unspecified atom stereocenters. The van der Waals surface area contributed by atoms with Crippen LogP contribution in [0.5, 0.6) is 0 Å². The number of carbonyl (C=O) groups is 1. The number of rotatable bonds is 6. The van der Waals surface area contributed by atoms with Crippen molar-refractivity contribution in [2.45, 2.75) is 31.7 Å². The summed E-state index contributed by atoms with van der Waals surface area (Å²) in [5.41, 5.74) is 0.752. The quantitative estimate of drug-likeness (QED) is 0.365. The first-order valence-corrected chi connectivity index (χ1v) is 6.43. The summed E-state index contributed by atoms with van der Waals surface area (Å²) in [6.45, 7) is 7.30.